The Bertz CT molecular complexity index is 322. The lowest BCUT2D eigenvalue weighted by molar-refractivity contribution is -0.132. The normalized spacial score (nSPS) is 32.3. The maximum atomic E-state index is 11.5. The van der Waals surface area contributed by atoms with E-state index in [-0.39, 0.29) is 18.1 Å². The number of nitrogens with one attached hydrogen (secondary N) is 1. The molecule has 2 rings (SSSR count). The third kappa shape index (κ3) is 4.17. The molecule has 2 aliphatic heterocycles. The molecule has 0 radical (unpaired) electrons. The number of nitrogens with zero attached hydrogens (tertiary/aromatic N) is 1. The Balaban J connectivity index is 1.76. The molecule has 2 saturated heterocycles. The predicted octanol–water partition coefficient (Wildman–Crippen LogP) is 1.28. The van der Waals surface area contributed by atoms with Gasteiger partial charge >= 0.3 is 0 Å². The van der Waals surface area contributed by atoms with Gasteiger partial charge in [0.2, 0.25) is 0 Å². The SMILES string of the molecule is CC(C)C1CCCN(CC2CCC(C(=O)NN)O2)CC1. The first-order valence-corrected chi connectivity index (χ1v) is 7.98. The number of carbonyl (C=O) groups is 1. The highest BCUT2D eigenvalue weighted by atomic mass is 16.5. The van der Waals surface area contributed by atoms with Crippen molar-refractivity contribution in [1.29, 1.82) is 0 Å². The van der Waals surface area contributed by atoms with Gasteiger partial charge < -0.3 is 9.64 Å². The van der Waals surface area contributed by atoms with Gasteiger partial charge in [-0.25, -0.2) is 5.84 Å². The molecule has 3 N–H and O–H groups in total. The second-order valence-electron chi connectivity index (χ2n) is 6.57. The summed E-state index contributed by atoms with van der Waals surface area (Å²) in [5, 5.41) is 0. The Hall–Kier alpha value is -0.650. The summed E-state index contributed by atoms with van der Waals surface area (Å²) in [6.45, 7) is 7.94. The van der Waals surface area contributed by atoms with Crippen molar-refractivity contribution in [2.45, 2.75) is 58.2 Å². The minimum atomic E-state index is -0.347. The van der Waals surface area contributed by atoms with E-state index in [0.717, 1.165) is 44.3 Å². The fourth-order valence-electron chi connectivity index (χ4n) is 3.44. The van der Waals surface area contributed by atoms with Crippen molar-refractivity contribution in [3.8, 4) is 0 Å². The fraction of sp³-hybridized carbons (Fsp3) is 0.933. The molecule has 0 spiro atoms. The second kappa shape index (κ2) is 7.38. The van der Waals surface area contributed by atoms with Crippen molar-refractivity contribution < 1.29 is 9.53 Å². The molecule has 0 aromatic rings. The summed E-state index contributed by atoms with van der Waals surface area (Å²) in [6.07, 6.45) is 5.50. The van der Waals surface area contributed by atoms with Crippen LogP contribution in [0.25, 0.3) is 0 Å². The zero-order valence-electron chi connectivity index (χ0n) is 12.8. The molecule has 20 heavy (non-hydrogen) atoms. The van der Waals surface area contributed by atoms with Crippen molar-refractivity contribution in [3.05, 3.63) is 0 Å². The number of nitrogens with two attached hydrogens (primary N) is 1. The van der Waals surface area contributed by atoms with Crippen molar-refractivity contribution >= 4 is 5.91 Å². The monoisotopic (exact) mass is 283 g/mol. The molecule has 3 unspecified atom stereocenters. The van der Waals surface area contributed by atoms with Gasteiger partial charge in [0, 0.05) is 6.54 Å². The van der Waals surface area contributed by atoms with Crippen LogP contribution in [0, 0.1) is 11.8 Å². The quantitative estimate of drug-likeness (QED) is 0.463. The number of hydrazine groups is 1. The molecule has 1 amide bonds. The number of amides is 1. The summed E-state index contributed by atoms with van der Waals surface area (Å²) < 4.78 is 5.80. The van der Waals surface area contributed by atoms with Crippen molar-refractivity contribution in [2.75, 3.05) is 19.6 Å². The molecule has 0 bridgehead atoms. The van der Waals surface area contributed by atoms with Gasteiger partial charge in [-0.15, -0.1) is 0 Å². The average molecular weight is 283 g/mol. The fourth-order valence-corrected chi connectivity index (χ4v) is 3.44. The van der Waals surface area contributed by atoms with Gasteiger partial charge in [-0.2, -0.15) is 0 Å². The minimum absolute atomic E-state index is 0.188. The predicted molar refractivity (Wildman–Crippen MR) is 78.8 cm³/mol. The summed E-state index contributed by atoms with van der Waals surface area (Å²) in [5.41, 5.74) is 2.18. The van der Waals surface area contributed by atoms with Crippen LogP contribution in [0.2, 0.25) is 0 Å². The van der Waals surface area contributed by atoms with Gasteiger partial charge in [-0.05, 0) is 57.0 Å². The van der Waals surface area contributed by atoms with E-state index in [4.69, 9.17) is 10.6 Å². The van der Waals surface area contributed by atoms with Gasteiger partial charge in [-0.1, -0.05) is 13.8 Å². The first-order chi connectivity index (χ1) is 9.60. The highest BCUT2D eigenvalue weighted by Crippen LogP contribution is 2.26. The van der Waals surface area contributed by atoms with Gasteiger partial charge in [0.05, 0.1) is 6.10 Å². The summed E-state index contributed by atoms with van der Waals surface area (Å²) in [7, 11) is 0. The van der Waals surface area contributed by atoms with E-state index in [2.05, 4.69) is 24.2 Å². The van der Waals surface area contributed by atoms with Crippen molar-refractivity contribution in [1.82, 2.24) is 10.3 Å². The summed E-state index contributed by atoms with van der Waals surface area (Å²) >= 11 is 0. The second-order valence-corrected chi connectivity index (χ2v) is 6.57. The standard InChI is InChI=1S/C15H29N3O2/c1-11(2)12-4-3-8-18(9-7-12)10-13-5-6-14(20-13)15(19)17-16/h11-14H,3-10,16H2,1-2H3,(H,17,19). The van der Waals surface area contributed by atoms with E-state index in [1.165, 1.54) is 19.3 Å². The lowest BCUT2D eigenvalue weighted by Crippen LogP contribution is -2.40. The minimum Gasteiger partial charge on any atom is -0.364 e. The van der Waals surface area contributed by atoms with Crippen LogP contribution in [-0.2, 0) is 9.53 Å². The van der Waals surface area contributed by atoms with E-state index < -0.39 is 0 Å². The molecule has 2 aliphatic rings. The lowest BCUT2D eigenvalue weighted by atomic mass is 9.89. The third-order valence-corrected chi connectivity index (χ3v) is 4.81. The Labute approximate surface area is 122 Å². The molecule has 3 atom stereocenters. The van der Waals surface area contributed by atoms with Crippen LogP contribution in [-0.4, -0.2) is 42.6 Å². The molecule has 2 heterocycles. The highest BCUT2D eigenvalue weighted by molar-refractivity contribution is 5.80. The molecule has 2 fully saturated rings. The van der Waals surface area contributed by atoms with Crippen molar-refractivity contribution in [3.63, 3.8) is 0 Å². The van der Waals surface area contributed by atoms with E-state index in [0.29, 0.717) is 0 Å². The van der Waals surface area contributed by atoms with Gasteiger partial charge in [0.25, 0.3) is 5.91 Å². The van der Waals surface area contributed by atoms with Crippen LogP contribution in [0.4, 0.5) is 0 Å². The number of hydrogen-bond donors (Lipinski definition) is 2. The van der Waals surface area contributed by atoms with Crippen LogP contribution in [0.3, 0.4) is 0 Å². The van der Waals surface area contributed by atoms with E-state index >= 15 is 0 Å². The molecule has 0 saturated carbocycles. The van der Waals surface area contributed by atoms with Crippen LogP contribution < -0.4 is 11.3 Å². The Morgan fingerprint density at radius 2 is 2.10 bits per heavy atom. The molecule has 0 aliphatic carbocycles. The van der Waals surface area contributed by atoms with Crippen LogP contribution >= 0.6 is 0 Å². The van der Waals surface area contributed by atoms with E-state index in [9.17, 15) is 4.79 Å². The molecule has 116 valence electrons. The highest BCUT2D eigenvalue weighted by Gasteiger charge is 2.31. The summed E-state index contributed by atoms with van der Waals surface area (Å²) in [4.78, 5) is 14.0. The topological polar surface area (TPSA) is 67.6 Å². The maximum Gasteiger partial charge on any atom is 0.263 e. The Morgan fingerprint density at radius 3 is 2.80 bits per heavy atom. The first-order valence-electron chi connectivity index (χ1n) is 7.98. The number of hydrogen-bond acceptors (Lipinski definition) is 4. The van der Waals surface area contributed by atoms with Crippen LogP contribution in [0.15, 0.2) is 0 Å². The molecule has 5 heteroatoms. The van der Waals surface area contributed by atoms with Gasteiger partial charge in [0.1, 0.15) is 6.10 Å². The van der Waals surface area contributed by atoms with Crippen LogP contribution in [0.5, 0.6) is 0 Å². The zero-order chi connectivity index (χ0) is 14.5. The van der Waals surface area contributed by atoms with Gasteiger partial charge in [0.15, 0.2) is 0 Å². The van der Waals surface area contributed by atoms with Crippen molar-refractivity contribution in [2.24, 2.45) is 17.7 Å². The number of likely N-dealkylation sites (tertiary alicyclic amines) is 1. The smallest absolute Gasteiger partial charge is 0.263 e. The Kier molecular flexibility index (Phi) is 5.81. The summed E-state index contributed by atoms with van der Waals surface area (Å²) in [5.74, 6) is 6.61. The molecule has 5 nitrogen and oxygen atoms in total. The van der Waals surface area contributed by atoms with E-state index in [1.54, 1.807) is 0 Å². The number of rotatable bonds is 4. The average Bonchev–Trinajstić information content (AvgIpc) is 2.76. The molecular weight excluding hydrogens is 254 g/mol. The zero-order valence-corrected chi connectivity index (χ0v) is 12.8. The van der Waals surface area contributed by atoms with E-state index in [1.807, 2.05) is 0 Å². The van der Waals surface area contributed by atoms with Crippen LogP contribution in [0.1, 0.15) is 46.0 Å². The molecule has 0 aromatic carbocycles. The lowest BCUT2D eigenvalue weighted by Gasteiger charge is -2.24. The molecule has 0 aromatic heterocycles. The number of carbonyl (C=O) groups excluding carboxylic acids is 1. The first kappa shape index (κ1) is 15.7. The number of ether oxygens (including phenoxy) is 1. The summed E-state index contributed by atoms with van der Waals surface area (Å²) in [6, 6.07) is 0. The Morgan fingerprint density at radius 1 is 1.30 bits per heavy atom. The van der Waals surface area contributed by atoms with Gasteiger partial charge in [-0.3, -0.25) is 10.2 Å². The molecular formula is C15H29N3O2. The largest absolute Gasteiger partial charge is 0.364 e. The maximum absolute atomic E-state index is 11.5. The third-order valence-electron chi connectivity index (χ3n) is 4.81.